The molecule has 0 amide bonds. The zero-order valence-electron chi connectivity index (χ0n) is 11.3. The number of fused-ring (bicyclic) bond motifs is 1. The highest BCUT2D eigenvalue weighted by Gasteiger charge is 2.37. The van der Waals surface area contributed by atoms with Crippen LogP contribution in [0.15, 0.2) is 4.99 Å². The van der Waals surface area contributed by atoms with Gasteiger partial charge < -0.3 is 4.90 Å². The van der Waals surface area contributed by atoms with Crippen molar-refractivity contribution in [2.24, 2.45) is 22.7 Å². The Bertz CT molecular complexity index is 297. The molecule has 0 spiro atoms. The number of rotatable bonds is 1. The van der Waals surface area contributed by atoms with Gasteiger partial charge >= 0.3 is 0 Å². The van der Waals surface area contributed by atoms with Gasteiger partial charge in [-0.3, -0.25) is 5.43 Å². The first kappa shape index (κ1) is 12.3. The van der Waals surface area contributed by atoms with Gasteiger partial charge in [0.1, 0.15) is 0 Å². The van der Waals surface area contributed by atoms with Gasteiger partial charge in [-0.1, -0.05) is 25.7 Å². The molecule has 1 heterocycles. The van der Waals surface area contributed by atoms with E-state index in [1.165, 1.54) is 64.5 Å². The lowest BCUT2D eigenvalue weighted by molar-refractivity contribution is 0.414. The number of likely N-dealkylation sites (tertiary alicyclic amines) is 1. The third kappa shape index (κ3) is 2.48. The number of aliphatic imine (C=N–C) groups is 1. The van der Waals surface area contributed by atoms with E-state index in [0.717, 1.165) is 17.8 Å². The van der Waals surface area contributed by atoms with E-state index in [4.69, 9.17) is 10.8 Å². The van der Waals surface area contributed by atoms with Crippen LogP contribution in [0.3, 0.4) is 0 Å². The molecule has 18 heavy (non-hydrogen) atoms. The number of guanidine groups is 1. The Balaban J connectivity index is 1.63. The van der Waals surface area contributed by atoms with Gasteiger partial charge in [0.25, 0.3) is 0 Å². The van der Waals surface area contributed by atoms with Crippen LogP contribution in [0, 0.1) is 11.8 Å². The summed E-state index contributed by atoms with van der Waals surface area (Å²) in [5, 5.41) is 0. The molecule has 0 bridgehead atoms. The maximum absolute atomic E-state index is 5.70. The van der Waals surface area contributed by atoms with E-state index in [2.05, 4.69) is 10.3 Å². The van der Waals surface area contributed by atoms with Crippen molar-refractivity contribution in [2.75, 3.05) is 13.1 Å². The summed E-state index contributed by atoms with van der Waals surface area (Å²) >= 11 is 0. The standard InChI is InChI=1S/C14H26N4/c15-17-14(16-13-7-2-1-3-8-13)18-9-11-5-4-6-12(11)10-18/h11-13H,1-10,15H2,(H,16,17). The molecule has 102 valence electrons. The van der Waals surface area contributed by atoms with Crippen molar-refractivity contribution in [3.8, 4) is 0 Å². The molecule has 3 N–H and O–H groups in total. The summed E-state index contributed by atoms with van der Waals surface area (Å²) in [7, 11) is 0. The molecule has 0 aromatic heterocycles. The average molecular weight is 250 g/mol. The van der Waals surface area contributed by atoms with E-state index >= 15 is 0 Å². The van der Waals surface area contributed by atoms with Gasteiger partial charge in [0.2, 0.25) is 5.96 Å². The number of nitrogens with zero attached hydrogens (tertiary/aromatic N) is 2. The fourth-order valence-electron chi connectivity index (χ4n) is 4.00. The molecule has 2 saturated carbocycles. The molecule has 4 heteroatoms. The van der Waals surface area contributed by atoms with Gasteiger partial charge in [-0.25, -0.2) is 10.8 Å². The summed E-state index contributed by atoms with van der Waals surface area (Å²) in [6.07, 6.45) is 10.8. The van der Waals surface area contributed by atoms with Crippen molar-refractivity contribution in [3.05, 3.63) is 0 Å². The summed E-state index contributed by atoms with van der Waals surface area (Å²) in [6.45, 7) is 2.33. The summed E-state index contributed by atoms with van der Waals surface area (Å²) < 4.78 is 0. The van der Waals surface area contributed by atoms with E-state index in [0.29, 0.717) is 6.04 Å². The Kier molecular flexibility index (Phi) is 3.73. The average Bonchev–Trinajstić information content (AvgIpc) is 2.98. The first-order valence-electron chi connectivity index (χ1n) is 7.66. The van der Waals surface area contributed by atoms with Crippen LogP contribution >= 0.6 is 0 Å². The largest absolute Gasteiger partial charge is 0.341 e. The summed E-state index contributed by atoms with van der Waals surface area (Å²) in [4.78, 5) is 7.26. The zero-order chi connectivity index (χ0) is 12.4. The van der Waals surface area contributed by atoms with Crippen LogP contribution in [-0.4, -0.2) is 30.0 Å². The lowest BCUT2D eigenvalue weighted by Crippen LogP contribution is -2.45. The third-order valence-corrected chi connectivity index (χ3v) is 5.03. The maximum Gasteiger partial charge on any atom is 0.208 e. The molecular formula is C14H26N4. The molecule has 4 nitrogen and oxygen atoms in total. The van der Waals surface area contributed by atoms with E-state index in [-0.39, 0.29) is 0 Å². The minimum Gasteiger partial charge on any atom is -0.341 e. The molecule has 0 radical (unpaired) electrons. The van der Waals surface area contributed by atoms with Crippen molar-refractivity contribution < 1.29 is 0 Å². The minimum absolute atomic E-state index is 0.505. The van der Waals surface area contributed by atoms with Crippen LogP contribution in [0.4, 0.5) is 0 Å². The zero-order valence-corrected chi connectivity index (χ0v) is 11.3. The normalized spacial score (nSPS) is 33.8. The van der Waals surface area contributed by atoms with Crippen LogP contribution in [-0.2, 0) is 0 Å². The minimum atomic E-state index is 0.505. The van der Waals surface area contributed by atoms with E-state index < -0.39 is 0 Å². The number of hydrogen-bond donors (Lipinski definition) is 2. The quantitative estimate of drug-likeness (QED) is 0.323. The van der Waals surface area contributed by atoms with Gasteiger partial charge in [-0.2, -0.15) is 0 Å². The summed E-state index contributed by atoms with van der Waals surface area (Å²) in [5.74, 6) is 8.45. The second kappa shape index (κ2) is 5.47. The Morgan fingerprint density at radius 1 is 0.944 bits per heavy atom. The predicted octanol–water partition coefficient (Wildman–Crippen LogP) is 1.87. The Hall–Kier alpha value is -0.770. The van der Waals surface area contributed by atoms with Gasteiger partial charge in [0.15, 0.2) is 0 Å². The molecule has 3 rings (SSSR count). The first-order valence-corrected chi connectivity index (χ1v) is 7.66. The monoisotopic (exact) mass is 250 g/mol. The lowest BCUT2D eigenvalue weighted by atomic mass is 9.96. The SMILES string of the molecule is NNC(=NC1CCCCC1)N1CC2CCCC2C1. The number of hydrazine groups is 1. The summed E-state index contributed by atoms with van der Waals surface area (Å²) in [6, 6.07) is 0.505. The Morgan fingerprint density at radius 3 is 2.22 bits per heavy atom. The number of hydrogen-bond acceptors (Lipinski definition) is 2. The van der Waals surface area contributed by atoms with Crippen LogP contribution in [0.2, 0.25) is 0 Å². The van der Waals surface area contributed by atoms with Gasteiger partial charge in [0, 0.05) is 13.1 Å². The topological polar surface area (TPSA) is 53.6 Å². The highest BCUT2D eigenvalue weighted by atomic mass is 15.4. The van der Waals surface area contributed by atoms with Gasteiger partial charge in [-0.05, 0) is 37.5 Å². The van der Waals surface area contributed by atoms with Crippen LogP contribution in [0.1, 0.15) is 51.4 Å². The molecule has 0 aromatic carbocycles. The van der Waals surface area contributed by atoms with Crippen molar-refractivity contribution in [1.82, 2.24) is 10.3 Å². The van der Waals surface area contributed by atoms with Crippen molar-refractivity contribution in [3.63, 3.8) is 0 Å². The number of nitrogens with one attached hydrogen (secondary N) is 1. The van der Waals surface area contributed by atoms with Crippen LogP contribution in [0.25, 0.3) is 0 Å². The maximum atomic E-state index is 5.70. The molecular weight excluding hydrogens is 224 g/mol. The fourth-order valence-corrected chi connectivity index (χ4v) is 4.00. The molecule has 3 fully saturated rings. The fraction of sp³-hybridized carbons (Fsp3) is 0.929. The Morgan fingerprint density at radius 2 is 1.61 bits per heavy atom. The van der Waals surface area contributed by atoms with Gasteiger partial charge in [-0.15, -0.1) is 0 Å². The van der Waals surface area contributed by atoms with E-state index in [1.807, 2.05) is 0 Å². The second-order valence-electron chi connectivity index (χ2n) is 6.24. The molecule has 2 aliphatic carbocycles. The van der Waals surface area contributed by atoms with Crippen molar-refractivity contribution in [2.45, 2.75) is 57.4 Å². The van der Waals surface area contributed by atoms with Crippen LogP contribution in [0.5, 0.6) is 0 Å². The molecule has 3 aliphatic rings. The highest BCUT2D eigenvalue weighted by molar-refractivity contribution is 5.80. The van der Waals surface area contributed by atoms with Crippen molar-refractivity contribution >= 4 is 5.96 Å². The highest BCUT2D eigenvalue weighted by Crippen LogP contribution is 2.37. The van der Waals surface area contributed by atoms with E-state index in [1.54, 1.807) is 0 Å². The second-order valence-corrected chi connectivity index (χ2v) is 6.24. The molecule has 2 atom stereocenters. The molecule has 1 aliphatic heterocycles. The van der Waals surface area contributed by atoms with E-state index in [9.17, 15) is 0 Å². The Labute approximate surface area is 110 Å². The lowest BCUT2D eigenvalue weighted by Gasteiger charge is -2.24. The summed E-state index contributed by atoms with van der Waals surface area (Å²) in [5.41, 5.74) is 2.86. The predicted molar refractivity (Wildman–Crippen MR) is 74.0 cm³/mol. The smallest absolute Gasteiger partial charge is 0.208 e. The van der Waals surface area contributed by atoms with Gasteiger partial charge in [0.05, 0.1) is 6.04 Å². The first-order chi connectivity index (χ1) is 8.86. The third-order valence-electron chi connectivity index (χ3n) is 5.03. The number of nitrogens with two attached hydrogens (primary N) is 1. The molecule has 0 aromatic rings. The van der Waals surface area contributed by atoms with Crippen molar-refractivity contribution in [1.29, 1.82) is 0 Å². The molecule has 2 unspecified atom stereocenters. The van der Waals surface area contributed by atoms with Crippen LogP contribution < -0.4 is 11.3 Å². The molecule has 1 saturated heterocycles.